The van der Waals surface area contributed by atoms with Gasteiger partial charge in [0.15, 0.2) is 10.9 Å². The number of pyridine rings is 1. The van der Waals surface area contributed by atoms with E-state index in [9.17, 15) is 0 Å². The average Bonchev–Trinajstić information content (AvgIpc) is 3.46. The standard InChI is InChI=1S/C20H16ClN5O/c1-27-16-9-15-19(24-20(16)21)18(23-11-22-15)14-10-26(13-7-8-13)25-17(14)12-5-3-2-4-6-12/h2-6,9-11,13H,7-8H2,1H3. The van der Waals surface area contributed by atoms with Gasteiger partial charge < -0.3 is 4.74 Å². The Kier molecular flexibility index (Phi) is 3.79. The van der Waals surface area contributed by atoms with E-state index in [1.165, 1.54) is 6.33 Å². The minimum atomic E-state index is 0.289. The third-order valence-electron chi connectivity index (χ3n) is 4.71. The Morgan fingerprint density at radius 1 is 1.11 bits per heavy atom. The number of benzene rings is 1. The molecule has 134 valence electrons. The van der Waals surface area contributed by atoms with Crippen LogP contribution in [-0.2, 0) is 0 Å². The number of nitrogens with zero attached hydrogens (tertiary/aromatic N) is 5. The molecule has 0 radical (unpaired) electrons. The highest BCUT2D eigenvalue weighted by Gasteiger charge is 2.27. The molecule has 5 rings (SSSR count). The molecule has 0 amide bonds. The van der Waals surface area contributed by atoms with Crippen molar-refractivity contribution >= 4 is 22.6 Å². The number of halogens is 1. The van der Waals surface area contributed by atoms with Gasteiger partial charge in [0.2, 0.25) is 0 Å². The molecule has 1 aliphatic carbocycles. The zero-order valence-electron chi connectivity index (χ0n) is 14.6. The van der Waals surface area contributed by atoms with Crippen LogP contribution in [-0.4, -0.2) is 31.8 Å². The van der Waals surface area contributed by atoms with Gasteiger partial charge in [0.1, 0.15) is 23.2 Å². The predicted octanol–water partition coefficient (Wildman–Crippen LogP) is 4.55. The molecule has 0 saturated heterocycles. The molecule has 1 saturated carbocycles. The number of aromatic nitrogens is 5. The number of methoxy groups -OCH3 is 1. The lowest BCUT2D eigenvalue weighted by molar-refractivity contribution is 0.414. The summed E-state index contributed by atoms with van der Waals surface area (Å²) >= 11 is 6.27. The fourth-order valence-electron chi connectivity index (χ4n) is 3.19. The van der Waals surface area contributed by atoms with Crippen LogP contribution in [0.4, 0.5) is 0 Å². The van der Waals surface area contributed by atoms with Crippen molar-refractivity contribution in [2.75, 3.05) is 7.11 Å². The number of fused-ring (bicyclic) bond motifs is 1. The van der Waals surface area contributed by atoms with Gasteiger partial charge in [-0.3, -0.25) is 4.68 Å². The maximum absolute atomic E-state index is 6.27. The van der Waals surface area contributed by atoms with Crippen molar-refractivity contribution in [2.45, 2.75) is 18.9 Å². The lowest BCUT2D eigenvalue weighted by atomic mass is 10.0. The molecule has 0 unspecified atom stereocenters. The summed E-state index contributed by atoms with van der Waals surface area (Å²) in [5.74, 6) is 0.491. The van der Waals surface area contributed by atoms with E-state index in [0.29, 0.717) is 22.8 Å². The molecule has 1 aromatic carbocycles. The molecule has 3 heterocycles. The van der Waals surface area contributed by atoms with Crippen LogP contribution in [0.3, 0.4) is 0 Å². The van der Waals surface area contributed by atoms with Gasteiger partial charge in [-0.25, -0.2) is 15.0 Å². The average molecular weight is 378 g/mol. The normalized spacial score (nSPS) is 13.9. The van der Waals surface area contributed by atoms with E-state index in [1.54, 1.807) is 13.2 Å². The SMILES string of the molecule is COc1cc2ncnc(-c3cn(C4CC4)nc3-c3ccccc3)c2nc1Cl. The highest BCUT2D eigenvalue weighted by Crippen LogP contribution is 2.40. The van der Waals surface area contributed by atoms with E-state index in [4.69, 9.17) is 21.4 Å². The van der Waals surface area contributed by atoms with Gasteiger partial charge in [-0.15, -0.1) is 0 Å². The van der Waals surface area contributed by atoms with Crippen molar-refractivity contribution < 1.29 is 4.74 Å². The quantitative estimate of drug-likeness (QED) is 0.488. The molecule has 6 nitrogen and oxygen atoms in total. The van der Waals surface area contributed by atoms with Gasteiger partial charge in [0.25, 0.3) is 0 Å². The molecule has 3 aromatic heterocycles. The molecular formula is C20H16ClN5O. The Balaban J connectivity index is 1.76. The summed E-state index contributed by atoms with van der Waals surface area (Å²) in [6, 6.07) is 12.4. The van der Waals surface area contributed by atoms with E-state index in [1.807, 2.05) is 22.9 Å². The largest absolute Gasteiger partial charge is 0.493 e. The second-order valence-electron chi connectivity index (χ2n) is 6.54. The Bertz CT molecular complexity index is 1140. The number of ether oxygens (including phenoxy) is 1. The molecule has 0 aliphatic heterocycles. The molecule has 1 fully saturated rings. The predicted molar refractivity (Wildman–Crippen MR) is 104 cm³/mol. The van der Waals surface area contributed by atoms with E-state index in [-0.39, 0.29) is 5.15 Å². The molecule has 0 spiro atoms. The van der Waals surface area contributed by atoms with Crippen molar-refractivity contribution in [2.24, 2.45) is 0 Å². The third kappa shape index (κ3) is 2.82. The van der Waals surface area contributed by atoms with Crippen molar-refractivity contribution in [3.05, 3.63) is 54.1 Å². The number of rotatable bonds is 4. The summed E-state index contributed by atoms with van der Waals surface area (Å²) in [6.45, 7) is 0. The summed E-state index contributed by atoms with van der Waals surface area (Å²) in [4.78, 5) is 13.4. The summed E-state index contributed by atoms with van der Waals surface area (Å²) < 4.78 is 7.30. The van der Waals surface area contributed by atoms with Crippen LogP contribution in [0.25, 0.3) is 33.5 Å². The van der Waals surface area contributed by atoms with Gasteiger partial charge >= 0.3 is 0 Å². The first-order chi connectivity index (χ1) is 13.2. The van der Waals surface area contributed by atoms with Crippen LogP contribution in [0.1, 0.15) is 18.9 Å². The highest BCUT2D eigenvalue weighted by molar-refractivity contribution is 6.31. The molecule has 0 bridgehead atoms. The van der Waals surface area contributed by atoms with Crippen molar-refractivity contribution in [3.8, 4) is 28.3 Å². The van der Waals surface area contributed by atoms with E-state index >= 15 is 0 Å². The van der Waals surface area contributed by atoms with E-state index in [0.717, 1.165) is 35.4 Å². The van der Waals surface area contributed by atoms with E-state index in [2.05, 4.69) is 33.3 Å². The van der Waals surface area contributed by atoms with Gasteiger partial charge in [0.05, 0.1) is 18.7 Å². The molecule has 0 atom stereocenters. The molecule has 27 heavy (non-hydrogen) atoms. The Hall–Kier alpha value is -2.99. The highest BCUT2D eigenvalue weighted by atomic mass is 35.5. The minimum Gasteiger partial charge on any atom is -0.493 e. The van der Waals surface area contributed by atoms with Crippen molar-refractivity contribution in [3.63, 3.8) is 0 Å². The van der Waals surface area contributed by atoms with Crippen LogP contribution < -0.4 is 4.74 Å². The van der Waals surface area contributed by atoms with Crippen molar-refractivity contribution in [1.82, 2.24) is 24.7 Å². The van der Waals surface area contributed by atoms with E-state index < -0.39 is 0 Å². The molecule has 0 N–H and O–H groups in total. The smallest absolute Gasteiger partial charge is 0.171 e. The van der Waals surface area contributed by atoms with Crippen LogP contribution in [0.5, 0.6) is 5.75 Å². The van der Waals surface area contributed by atoms with Crippen LogP contribution in [0, 0.1) is 0 Å². The van der Waals surface area contributed by atoms with Gasteiger partial charge in [-0.05, 0) is 12.8 Å². The second-order valence-corrected chi connectivity index (χ2v) is 6.90. The van der Waals surface area contributed by atoms with Crippen LogP contribution in [0.15, 0.2) is 48.9 Å². The first-order valence-electron chi connectivity index (χ1n) is 8.75. The maximum Gasteiger partial charge on any atom is 0.171 e. The van der Waals surface area contributed by atoms with Gasteiger partial charge in [-0.2, -0.15) is 5.10 Å². The van der Waals surface area contributed by atoms with Crippen LogP contribution >= 0.6 is 11.6 Å². The Morgan fingerprint density at radius 2 is 1.93 bits per heavy atom. The van der Waals surface area contributed by atoms with Gasteiger partial charge in [-0.1, -0.05) is 41.9 Å². The number of hydrogen-bond acceptors (Lipinski definition) is 5. The first-order valence-corrected chi connectivity index (χ1v) is 9.12. The monoisotopic (exact) mass is 377 g/mol. The first kappa shape index (κ1) is 16.2. The third-order valence-corrected chi connectivity index (χ3v) is 4.98. The van der Waals surface area contributed by atoms with Crippen LogP contribution in [0.2, 0.25) is 5.15 Å². The summed E-state index contributed by atoms with van der Waals surface area (Å²) in [5, 5.41) is 5.14. The topological polar surface area (TPSA) is 65.7 Å². The fraction of sp³-hybridized carbons (Fsp3) is 0.200. The zero-order chi connectivity index (χ0) is 18.4. The number of hydrogen-bond donors (Lipinski definition) is 0. The minimum absolute atomic E-state index is 0.289. The Morgan fingerprint density at radius 3 is 2.67 bits per heavy atom. The van der Waals surface area contributed by atoms with Crippen molar-refractivity contribution in [1.29, 1.82) is 0 Å². The molecule has 7 heteroatoms. The second kappa shape index (κ2) is 6.32. The Labute approximate surface area is 160 Å². The molecule has 1 aliphatic rings. The summed E-state index contributed by atoms with van der Waals surface area (Å²) in [6.07, 6.45) is 5.90. The summed E-state index contributed by atoms with van der Waals surface area (Å²) in [7, 11) is 1.56. The zero-order valence-corrected chi connectivity index (χ0v) is 15.4. The lowest BCUT2D eigenvalue weighted by Crippen LogP contribution is -1.95. The lowest BCUT2D eigenvalue weighted by Gasteiger charge is -2.07. The maximum atomic E-state index is 6.27. The summed E-state index contributed by atoms with van der Waals surface area (Å²) in [5.41, 5.74) is 4.88. The molecular weight excluding hydrogens is 362 g/mol. The fourth-order valence-corrected chi connectivity index (χ4v) is 3.40. The molecule has 4 aromatic rings. The van der Waals surface area contributed by atoms with Gasteiger partial charge in [0, 0.05) is 23.4 Å².